The molecule has 0 spiro atoms. The van der Waals surface area contributed by atoms with Crippen molar-refractivity contribution in [3.05, 3.63) is 30.6 Å². The Morgan fingerprint density at radius 1 is 1.09 bits per heavy atom. The van der Waals surface area contributed by atoms with Gasteiger partial charge in [-0.2, -0.15) is 5.10 Å². The van der Waals surface area contributed by atoms with Crippen LogP contribution in [0.2, 0.25) is 0 Å². The van der Waals surface area contributed by atoms with Gasteiger partial charge in [0.2, 0.25) is 5.91 Å². The molecule has 1 saturated heterocycles. The topological polar surface area (TPSA) is 111 Å². The van der Waals surface area contributed by atoms with Crippen molar-refractivity contribution in [3.63, 3.8) is 0 Å². The third-order valence-electron chi connectivity index (χ3n) is 5.80. The van der Waals surface area contributed by atoms with Gasteiger partial charge in [0, 0.05) is 38.3 Å². The fourth-order valence-electron chi connectivity index (χ4n) is 4.24. The largest absolute Gasteiger partial charge is 0.530 e. The van der Waals surface area contributed by atoms with Crippen molar-refractivity contribution >= 4 is 29.5 Å². The highest BCUT2D eigenvalue weighted by Gasteiger charge is 2.35. The molecule has 2 aliphatic rings. The first-order valence-electron chi connectivity index (χ1n) is 10.9. The van der Waals surface area contributed by atoms with Crippen molar-refractivity contribution in [2.45, 2.75) is 52.3 Å². The summed E-state index contributed by atoms with van der Waals surface area (Å²) >= 11 is 0. The van der Waals surface area contributed by atoms with Crippen LogP contribution in [-0.2, 0) is 9.53 Å². The number of carbonyl (C=O) groups excluding carboxylic acids is 3. The van der Waals surface area contributed by atoms with Gasteiger partial charge in [0.05, 0.1) is 29.7 Å². The van der Waals surface area contributed by atoms with Crippen LogP contribution in [0.25, 0.3) is 11.1 Å². The minimum absolute atomic E-state index is 0.0395. The number of carbonyl (C=O) groups is 3. The summed E-state index contributed by atoms with van der Waals surface area (Å²) in [5, 5.41) is 16.2. The fraction of sp³-hybridized carbons (Fsp3) is 0.478. The lowest BCUT2D eigenvalue weighted by Crippen LogP contribution is -2.54. The van der Waals surface area contributed by atoms with Gasteiger partial charge in [-0.05, 0) is 45.4 Å². The molecule has 3 amide bonds. The Balaban J connectivity index is 1.54. The Labute approximate surface area is 192 Å². The minimum Gasteiger partial charge on any atom is -0.530 e. The van der Waals surface area contributed by atoms with Crippen LogP contribution in [0, 0.1) is 0 Å². The summed E-state index contributed by atoms with van der Waals surface area (Å²) in [6, 6.07) is 5.07. The van der Waals surface area contributed by atoms with Crippen LogP contribution in [0.4, 0.5) is 21.0 Å². The maximum Gasteiger partial charge on any atom is 0.410 e. The van der Waals surface area contributed by atoms with Crippen molar-refractivity contribution in [2.24, 2.45) is 0 Å². The quantitative estimate of drug-likeness (QED) is 0.688. The average molecular weight is 455 g/mol. The molecule has 1 aromatic heterocycles. The number of anilines is 2. The fourth-order valence-corrected chi connectivity index (χ4v) is 4.24. The number of hydrogen-bond acceptors (Lipinski definition) is 6. The van der Waals surface area contributed by atoms with E-state index >= 15 is 0 Å². The number of ether oxygens (including phenoxy) is 1. The first-order valence-corrected chi connectivity index (χ1v) is 10.9. The molecule has 1 fully saturated rings. The molecule has 10 heteroatoms. The molecule has 0 saturated carbocycles. The average Bonchev–Trinajstić information content (AvgIpc) is 3.13. The molecule has 0 N–H and O–H groups in total. The number of hydrogen-bond donors (Lipinski definition) is 0. The number of fused-ring (bicyclic) bond motifs is 1. The molecule has 1 aromatic carbocycles. The van der Waals surface area contributed by atoms with E-state index in [0.29, 0.717) is 24.5 Å². The number of amides is 3. The molecule has 0 bridgehead atoms. The smallest absolute Gasteiger partial charge is 0.410 e. The molecule has 0 unspecified atom stereocenters. The van der Waals surface area contributed by atoms with Crippen LogP contribution in [0.3, 0.4) is 0 Å². The molecule has 0 radical (unpaired) electrons. The van der Waals surface area contributed by atoms with Gasteiger partial charge < -0.3 is 29.3 Å². The summed E-state index contributed by atoms with van der Waals surface area (Å²) in [5.74, 6) is -0.151. The molecule has 2 aliphatic heterocycles. The Kier molecular flexibility index (Phi) is 5.55. The summed E-state index contributed by atoms with van der Waals surface area (Å²) in [4.78, 5) is 40.5. The van der Waals surface area contributed by atoms with E-state index < -0.39 is 11.7 Å². The van der Waals surface area contributed by atoms with Crippen LogP contribution < -0.4 is 14.9 Å². The standard InChI is InChI=1S/C23H29N5O5/c1-14-10-26(21(30)31)20-8-16(6-7-19(20)28(14)15(2)29)17-9-24-27(11-17)18-12-25(13-18)22(32)33-23(3,4)5/h6-9,11,14,18H,10,12-13H2,1-5H3,(H,30,31)/p-1/t14-/m0/s1. The van der Waals surface area contributed by atoms with E-state index in [1.54, 1.807) is 39.7 Å². The second kappa shape index (κ2) is 8.09. The molecule has 1 atom stereocenters. The Morgan fingerprint density at radius 2 is 1.79 bits per heavy atom. The molecular weight excluding hydrogens is 426 g/mol. The highest BCUT2D eigenvalue weighted by molar-refractivity contribution is 6.02. The van der Waals surface area contributed by atoms with Gasteiger partial charge in [-0.1, -0.05) is 6.07 Å². The molecule has 33 heavy (non-hydrogen) atoms. The van der Waals surface area contributed by atoms with Crippen LogP contribution in [0.1, 0.15) is 40.7 Å². The van der Waals surface area contributed by atoms with Crippen molar-refractivity contribution < 1.29 is 24.2 Å². The molecule has 176 valence electrons. The van der Waals surface area contributed by atoms with Gasteiger partial charge in [0.15, 0.2) is 0 Å². The Morgan fingerprint density at radius 3 is 2.39 bits per heavy atom. The predicted molar refractivity (Wildman–Crippen MR) is 120 cm³/mol. The van der Waals surface area contributed by atoms with E-state index in [4.69, 9.17) is 4.74 Å². The predicted octanol–water partition coefficient (Wildman–Crippen LogP) is 2.25. The highest BCUT2D eigenvalue weighted by atomic mass is 16.6. The van der Waals surface area contributed by atoms with E-state index in [1.165, 1.54) is 6.92 Å². The van der Waals surface area contributed by atoms with Crippen LogP contribution in [0.15, 0.2) is 30.6 Å². The van der Waals surface area contributed by atoms with Crippen molar-refractivity contribution in [1.29, 1.82) is 0 Å². The SMILES string of the molecule is CC(=O)N1c2ccc(-c3cnn(C4CN(C(=O)OC(C)(C)C)C4)c3)cc2N(C(=O)[O-])C[C@@H]1C. The van der Waals surface area contributed by atoms with E-state index in [2.05, 4.69) is 5.10 Å². The van der Waals surface area contributed by atoms with Gasteiger partial charge in [0.1, 0.15) is 11.7 Å². The zero-order valence-corrected chi connectivity index (χ0v) is 19.4. The number of nitrogens with zero attached hydrogens (tertiary/aromatic N) is 5. The minimum atomic E-state index is -1.31. The monoisotopic (exact) mass is 454 g/mol. The van der Waals surface area contributed by atoms with E-state index in [9.17, 15) is 19.5 Å². The summed E-state index contributed by atoms with van der Waals surface area (Å²) < 4.78 is 7.19. The van der Waals surface area contributed by atoms with E-state index in [-0.39, 0.29) is 30.6 Å². The number of likely N-dealkylation sites (tertiary alicyclic amines) is 1. The maximum absolute atomic E-state index is 12.2. The second-order valence-corrected chi connectivity index (χ2v) is 9.57. The Bertz CT molecular complexity index is 1100. The second-order valence-electron chi connectivity index (χ2n) is 9.57. The number of rotatable bonds is 2. The number of carboxylic acid groups (broad SMARTS) is 1. The highest BCUT2D eigenvalue weighted by Crippen LogP contribution is 2.39. The van der Waals surface area contributed by atoms with Crippen LogP contribution >= 0.6 is 0 Å². The lowest BCUT2D eigenvalue weighted by molar-refractivity contribution is -0.246. The molecule has 10 nitrogen and oxygen atoms in total. The zero-order chi connectivity index (χ0) is 24.1. The first kappa shape index (κ1) is 22.6. The van der Waals surface area contributed by atoms with Crippen molar-refractivity contribution in [3.8, 4) is 11.1 Å². The maximum atomic E-state index is 12.2. The normalized spacial score (nSPS) is 18.6. The molecule has 4 rings (SSSR count). The number of aromatic nitrogens is 2. The van der Waals surface area contributed by atoms with Crippen LogP contribution in [0.5, 0.6) is 0 Å². The van der Waals surface area contributed by atoms with Gasteiger partial charge in [0.25, 0.3) is 0 Å². The zero-order valence-electron chi connectivity index (χ0n) is 19.4. The lowest BCUT2D eigenvalue weighted by Gasteiger charge is -2.42. The molecule has 3 heterocycles. The van der Waals surface area contributed by atoms with E-state index in [0.717, 1.165) is 16.0 Å². The molecule has 0 aliphatic carbocycles. The van der Waals surface area contributed by atoms with Gasteiger partial charge in [-0.25, -0.2) is 4.79 Å². The van der Waals surface area contributed by atoms with Crippen LogP contribution in [-0.4, -0.2) is 64.1 Å². The summed E-state index contributed by atoms with van der Waals surface area (Å²) in [7, 11) is 0. The third-order valence-corrected chi connectivity index (χ3v) is 5.80. The molecule has 2 aromatic rings. The van der Waals surface area contributed by atoms with Gasteiger partial charge in [-0.15, -0.1) is 0 Å². The number of benzene rings is 1. The van der Waals surface area contributed by atoms with Gasteiger partial charge >= 0.3 is 6.09 Å². The lowest BCUT2D eigenvalue weighted by atomic mass is 10.0. The Hall–Kier alpha value is -3.56. The third kappa shape index (κ3) is 4.37. The summed E-state index contributed by atoms with van der Waals surface area (Å²) in [6.07, 6.45) is 1.93. The summed E-state index contributed by atoms with van der Waals surface area (Å²) in [5.41, 5.74) is 1.98. The molecular formula is C23H28N5O5-. The summed E-state index contributed by atoms with van der Waals surface area (Å²) in [6.45, 7) is 9.91. The first-order chi connectivity index (χ1) is 15.4. The van der Waals surface area contributed by atoms with Gasteiger partial charge in [-0.3, -0.25) is 9.48 Å². The van der Waals surface area contributed by atoms with Crippen molar-refractivity contribution in [1.82, 2.24) is 14.7 Å². The van der Waals surface area contributed by atoms with E-state index in [1.807, 2.05) is 33.0 Å². The van der Waals surface area contributed by atoms with Crippen molar-refractivity contribution in [2.75, 3.05) is 29.4 Å².